The lowest BCUT2D eigenvalue weighted by Gasteiger charge is -2.34. The predicted molar refractivity (Wildman–Crippen MR) is 122 cm³/mol. The number of carbonyl (C=O) groups excluding carboxylic acids is 2. The highest BCUT2D eigenvalue weighted by Crippen LogP contribution is 2.46. The van der Waals surface area contributed by atoms with Gasteiger partial charge < -0.3 is 9.47 Å². The van der Waals surface area contributed by atoms with E-state index in [-0.39, 0.29) is 24.4 Å². The van der Waals surface area contributed by atoms with Crippen molar-refractivity contribution in [2.24, 2.45) is 4.99 Å². The average Bonchev–Trinajstić information content (AvgIpc) is 3.14. The van der Waals surface area contributed by atoms with Crippen LogP contribution in [0.1, 0.15) is 37.9 Å². The Morgan fingerprint density at radius 3 is 2.58 bits per heavy atom. The molecule has 0 aliphatic carbocycles. The Labute approximate surface area is 185 Å². The molecule has 0 radical (unpaired) electrons. The van der Waals surface area contributed by atoms with Crippen LogP contribution in [-0.2, 0) is 14.3 Å². The molecule has 0 spiro atoms. The van der Waals surface area contributed by atoms with E-state index in [9.17, 15) is 9.59 Å². The molecule has 0 saturated carbocycles. The molecule has 1 saturated heterocycles. The van der Waals surface area contributed by atoms with Crippen LogP contribution >= 0.6 is 11.8 Å². The molecule has 0 bridgehead atoms. The maximum Gasteiger partial charge on any atom is 0.338 e. The number of thioether (sulfide) groups is 1. The van der Waals surface area contributed by atoms with Crippen molar-refractivity contribution in [1.29, 1.82) is 0 Å². The monoisotopic (exact) mass is 436 g/mol. The van der Waals surface area contributed by atoms with Crippen LogP contribution in [0.4, 0.5) is 0 Å². The van der Waals surface area contributed by atoms with Gasteiger partial charge in [0.2, 0.25) is 5.91 Å². The van der Waals surface area contributed by atoms with Crippen LogP contribution in [0.15, 0.2) is 65.2 Å². The maximum atomic E-state index is 13.3. The van der Waals surface area contributed by atoms with Gasteiger partial charge in [0.05, 0.1) is 29.7 Å². The molecule has 1 fully saturated rings. The summed E-state index contributed by atoms with van der Waals surface area (Å²) in [7, 11) is 0. The molecule has 0 aromatic heterocycles. The highest BCUT2D eigenvalue weighted by Gasteiger charge is 2.45. The minimum atomic E-state index is -0.681. The number of amides is 1. The lowest BCUT2D eigenvalue weighted by Crippen LogP contribution is -2.40. The van der Waals surface area contributed by atoms with E-state index < -0.39 is 12.0 Å². The van der Waals surface area contributed by atoms with Crippen LogP contribution in [0.5, 0.6) is 5.75 Å². The number of hydrogen-bond acceptors (Lipinski definition) is 6. The fraction of sp³-hybridized carbons (Fsp3) is 0.292. The Kier molecular flexibility index (Phi) is 6.13. The van der Waals surface area contributed by atoms with Crippen LogP contribution < -0.4 is 4.74 Å². The normalized spacial score (nSPS) is 18.2. The van der Waals surface area contributed by atoms with E-state index in [2.05, 4.69) is 0 Å². The molecular weight excluding hydrogens is 412 g/mol. The molecule has 160 valence electrons. The third kappa shape index (κ3) is 4.10. The van der Waals surface area contributed by atoms with Crippen LogP contribution in [-0.4, -0.2) is 40.4 Å². The van der Waals surface area contributed by atoms with E-state index >= 15 is 0 Å². The summed E-state index contributed by atoms with van der Waals surface area (Å²) >= 11 is 1.38. The summed E-state index contributed by atoms with van der Waals surface area (Å²) in [4.78, 5) is 32.5. The zero-order valence-corrected chi connectivity index (χ0v) is 18.5. The first-order valence-corrected chi connectivity index (χ1v) is 11.3. The number of fused-ring (bicyclic) bond motifs is 1. The molecule has 0 unspecified atom stereocenters. The van der Waals surface area contributed by atoms with Crippen molar-refractivity contribution < 1.29 is 19.1 Å². The second kappa shape index (κ2) is 8.98. The van der Waals surface area contributed by atoms with Gasteiger partial charge in [-0.25, -0.2) is 9.79 Å². The second-order valence-electron chi connectivity index (χ2n) is 7.40. The number of para-hydroxylation sites is 1. The Hall–Kier alpha value is -3.06. The van der Waals surface area contributed by atoms with Crippen molar-refractivity contribution in [2.75, 3.05) is 12.4 Å². The molecule has 1 atom stereocenters. The van der Waals surface area contributed by atoms with Gasteiger partial charge in [-0.2, -0.15) is 0 Å². The molecule has 2 aromatic rings. The maximum absolute atomic E-state index is 13.3. The smallest absolute Gasteiger partial charge is 0.338 e. The van der Waals surface area contributed by atoms with Crippen LogP contribution in [0.25, 0.3) is 5.70 Å². The van der Waals surface area contributed by atoms with Gasteiger partial charge in [0.25, 0.3) is 0 Å². The molecule has 1 amide bonds. The average molecular weight is 437 g/mol. The van der Waals surface area contributed by atoms with Gasteiger partial charge in [0.1, 0.15) is 11.8 Å². The molecule has 2 aliphatic rings. The highest BCUT2D eigenvalue weighted by atomic mass is 32.2. The van der Waals surface area contributed by atoms with E-state index in [1.807, 2.05) is 68.4 Å². The van der Waals surface area contributed by atoms with Gasteiger partial charge in [-0.05, 0) is 26.8 Å². The molecule has 6 nitrogen and oxygen atoms in total. The number of rotatable bonds is 6. The Morgan fingerprint density at radius 1 is 1.16 bits per heavy atom. The van der Waals surface area contributed by atoms with Crippen LogP contribution in [0, 0.1) is 0 Å². The molecule has 2 heterocycles. The SMILES string of the molecule is CCOC(=O)C1=C(c2ccccc2)N=C2SCC(=O)N2[C@@H]1c1ccccc1OC(C)C. The third-order valence-corrected chi connectivity index (χ3v) is 5.85. The van der Waals surface area contributed by atoms with Crippen molar-refractivity contribution in [2.45, 2.75) is 32.9 Å². The van der Waals surface area contributed by atoms with Crippen molar-refractivity contribution in [1.82, 2.24) is 4.90 Å². The lowest BCUT2D eigenvalue weighted by molar-refractivity contribution is -0.139. The Morgan fingerprint density at radius 2 is 1.87 bits per heavy atom. The van der Waals surface area contributed by atoms with Crippen molar-refractivity contribution in [3.05, 3.63) is 71.3 Å². The molecular formula is C24H24N2O4S. The summed E-state index contributed by atoms with van der Waals surface area (Å²) in [5.41, 5.74) is 2.39. The zero-order chi connectivity index (χ0) is 22.0. The summed E-state index contributed by atoms with van der Waals surface area (Å²) in [6.45, 7) is 5.87. The number of amidine groups is 1. The van der Waals surface area contributed by atoms with Crippen molar-refractivity contribution in [3.8, 4) is 5.75 Å². The number of nitrogens with zero attached hydrogens (tertiary/aromatic N) is 2. The fourth-order valence-corrected chi connectivity index (χ4v) is 4.62. The number of benzene rings is 2. The summed E-state index contributed by atoms with van der Waals surface area (Å²) < 4.78 is 11.5. The van der Waals surface area contributed by atoms with Gasteiger partial charge in [0.15, 0.2) is 5.17 Å². The van der Waals surface area contributed by atoms with Crippen molar-refractivity contribution in [3.63, 3.8) is 0 Å². The van der Waals surface area contributed by atoms with E-state index in [0.29, 0.717) is 22.2 Å². The minimum absolute atomic E-state index is 0.0647. The summed E-state index contributed by atoms with van der Waals surface area (Å²) in [6.07, 6.45) is -0.0647. The first-order valence-electron chi connectivity index (χ1n) is 10.3. The van der Waals surface area contributed by atoms with E-state index in [0.717, 1.165) is 11.1 Å². The molecule has 2 aromatic carbocycles. The minimum Gasteiger partial charge on any atom is -0.491 e. The summed E-state index contributed by atoms with van der Waals surface area (Å²) in [5.74, 6) is 0.323. The summed E-state index contributed by atoms with van der Waals surface area (Å²) in [5, 5.41) is 0.584. The van der Waals surface area contributed by atoms with Crippen molar-refractivity contribution >= 4 is 34.5 Å². The van der Waals surface area contributed by atoms with E-state index in [1.54, 1.807) is 11.8 Å². The predicted octanol–water partition coefficient (Wildman–Crippen LogP) is 4.43. The topological polar surface area (TPSA) is 68.2 Å². The number of ether oxygens (including phenoxy) is 2. The number of aliphatic imine (C=N–C) groups is 1. The molecule has 2 aliphatic heterocycles. The number of esters is 1. The van der Waals surface area contributed by atoms with Crippen LogP contribution in [0.2, 0.25) is 0 Å². The van der Waals surface area contributed by atoms with Gasteiger partial charge in [-0.15, -0.1) is 0 Å². The zero-order valence-electron chi connectivity index (χ0n) is 17.7. The molecule has 0 N–H and O–H groups in total. The Balaban J connectivity index is 1.98. The highest BCUT2D eigenvalue weighted by molar-refractivity contribution is 8.15. The third-order valence-electron chi connectivity index (χ3n) is 4.91. The van der Waals surface area contributed by atoms with Gasteiger partial charge in [-0.3, -0.25) is 9.69 Å². The first-order chi connectivity index (χ1) is 15.0. The standard InChI is InChI=1S/C24H24N2O4S/c1-4-29-23(28)20-21(16-10-6-5-7-11-16)25-24-26(19(27)14-31-24)22(20)17-12-8-9-13-18(17)30-15(2)3/h5-13,15,22H,4,14H2,1-3H3/t22-/m1/s1. The molecule has 4 rings (SSSR count). The first kappa shape index (κ1) is 21.2. The second-order valence-corrected chi connectivity index (χ2v) is 8.35. The number of hydrogen-bond donors (Lipinski definition) is 0. The van der Waals surface area contributed by atoms with Gasteiger partial charge in [0, 0.05) is 11.1 Å². The number of carbonyl (C=O) groups is 2. The lowest BCUT2D eigenvalue weighted by atomic mass is 9.91. The fourth-order valence-electron chi connectivity index (χ4n) is 3.72. The van der Waals surface area contributed by atoms with Gasteiger partial charge in [-0.1, -0.05) is 60.3 Å². The Bertz CT molecular complexity index is 1060. The van der Waals surface area contributed by atoms with Gasteiger partial charge >= 0.3 is 5.97 Å². The quantitative estimate of drug-likeness (QED) is 0.627. The van der Waals surface area contributed by atoms with E-state index in [1.165, 1.54) is 11.8 Å². The molecule has 31 heavy (non-hydrogen) atoms. The summed E-state index contributed by atoms with van der Waals surface area (Å²) in [6, 6.07) is 16.4. The molecule has 7 heteroatoms. The van der Waals surface area contributed by atoms with Crippen LogP contribution in [0.3, 0.4) is 0 Å². The van der Waals surface area contributed by atoms with E-state index in [4.69, 9.17) is 14.5 Å². The largest absolute Gasteiger partial charge is 0.491 e.